The molecular formula is C21H26N2O5. The standard InChI is InChI=1S/C21H26N2O5/c1-13-6-5-7-14(2)19(13)22-17(24)12-28-18(25)10-11-23-20(26)15-8-3-4-9-16(15)21(23)27/h5-7,15-16H,3-4,8-12H2,1-2H3,(H,22,24)/t15-,16-/m0/s1. The molecule has 7 nitrogen and oxygen atoms in total. The number of carbonyl (C=O) groups is 4. The fourth-order valence-corrected chi connectivity index (χ4v) is 4.06. The van der Waals surface area contributed by atoms with Crippen molar-refractivity contribution in [1.82, 2.24) is 4.90 Å². The van der Waals surface area contributed by atoms with Gasteiger partial charge in [0.25, 0.3) is 5.91 Å². The normalized spacial score (nSPS) is 21.4. The van der Waals surface area contributed by atoms with Crippen LogP contribution in [0.5, 0.6) is 0 Å². The van der Waals surface area contributed by atoms with Crippen molar-refractivity contribution < 1.29 is 23.9 Å². The maximum atomic E-state index is 12.4. The Morgan fingerprint density at radius 3 is 2.21 bits per heavy atom. The van der Waals surface area contributed by atoms with Crippen LogP contribution in [0.15, 0.2) is 18.2 Å². The lowest BCUT2D eigenvalue weighted by molar-refractivity contribution is -0.148. The second-order valence-electron chi connectivity index (χ2n) is 7.55. The Balaban J connectivity index is 1.45. The summed E-state index contributed by atoms with van der Waals surface area (Å²) in [5.41, 5.74) is 2.55. The van der Waals surface area contributed by atoms with Gasteiger partial charge in [0.15, 0.2) is 6.61 Å². The number of imide groups is 1. The first-order valence-corrected chi connectivity index (χ1v) is 9.75. The first-order chi connectivity index (χ1) is 13.4. The first kappa shape index (κ1) is 20.0. The molecule has 1 aliphatic heterocycles. The molecule has 3 amide bonds. The van der Waals surface area contributed by atoms with E-state index in [0.717, 1.165) is 36.8 Å². The number of anilines is 1. The fourth-order valence-electron chi connectivity index (χ4n) is 4.06. The zero-order valence-corrected chi connectivity index (χ0v) is 16.3. The van der Waals surface area contributed by atoms with E-state index in [-0.39, 0.29) is 36.6 Å². The molecule has 0 unspecified atom stereocenters. The van der Waals surface area contributed by atoms with E-state index in [1.54, 1.807) is 0 Å². The molecule has 1 aromatic carbocycles. The fraction of sp³-hybridized carbons (Fsp3) is 0.524. The predicted molar refractivity (Wildman–Crippen MR) is 102 cm³/mol. The number of amides is 3. The van der Waals surface area contributed by atoms with E-state index in [1.807, 2.05) is 32.0 Å². The van der Waals surface area contributed by atoms with Crippen LogP contribution in [0.4, 0.5) is 5.69 Å². The Bertz CT molecular complexity index is 760. The van der Waals surface area contributed by atoms with Gasteiger partial charge in [-0.1, -0.05) is 31.0 Å². The molecule has 1 N–H and O–H groups in total. The number of esters is 1. The highest BCUT2D eigenvalue weighted by Gasteiger charge is 2.47. The topological polar surface area (TPSA) is 92.8 Å². The van der Waals surface area contributed by atoms with Crippen LogP contribution in [0.2, 0.25) is 0 Å². The molecule has 0 aromatic heterocycles. The summed E-state index contributed by atoms with van der Waals surface area (Å²) in [6, 6.07) is 5.67. The maximum absolute atomic E-state index is 12.4. The molecule has 1 saturated carbocycles. The Hall–Kier alpha value is -2.70. The molecule has 2 atom stereocenters. The summed E-state index contributed by atoms with van der Waals surface area (Å²) in [6.07, 6.45) is 3.31. The lowest BCUT2D eigenvalue weighted by atomic mass is 9.81. The van der Waals surface area contributed by atoms with Gasteiger partial charge in [0.1, 0.15) is 0 Å². The minimum Gasteiger partial charge on any atom is -0.456 e. The minimum atomic E-state index is -0.605. The lowest BCUT2D eigenvalue weighted by Crippen LogP contribution is -2.33. The van der Waals surface area contributed by atoms with Crippen LogP contribution in [0.1, 0.15) is 43.2 Å². The van der Waals surface area contributed by atoms with Crippen molar-refractivity contribution in [3.8, 4) is 0 Å². The van der Waals surface area contributed by atoms with E-state index in [2.05, 4.69) is 5.32 Å². The van der Waals surface area contributed by atoms with Crippen LogP contribution in [0.25, 0.3) is 0 Å². The molecule has 1 saturated heterocycles. The molecule has 1 aromatic rings. The number of fused-ring (bicyclic) bond motifs is 1. The summed E-state index contributed by atoms with van der Waals surface area (Å²) in [5.74, 6) is -1.82. The molecule has 1 heterocycles. The molecule has 28 heavy (non-hydrogen) atoms. The van der Waals surface area contributed by atoms with E-state index in [4.69, 9.17) is 4.74 Å². The lowest BCUT2D eigenvalue weighted by Gasteiger charge is -2.19. The molecule has 150 valence electrons. The number of aryl methyl sites for hydroxylation is 2. The van der Waals surface area contributed by atoms with E-state index in [0.29, 0.717) is 5.69 Å². The van der Waals surface area contributed by atoms with Gasteiger partial charge in [-0.05, 0) is 37.8 Å². The van der Waals surface area contributed by atoms with Gasteiger partial charge in [0.05, 0.1) is 18.3 Å². The van der Waals surface area contributed by atoms with Gasteiger partial charge in [-0.2, -0.15) is 0 Å². The van der Waals surface area contributed by atoms with Gasteiger partial charge in [0, 0.05) is 12.2 Å². The zero-order valence-electron chi connectivity index (χ0n) is 16.3. The monoisotopic (exact) mass is 386 g/mol. The Morgan fingerprint density at radius 1 is 1.07 bits per heavy atom. The van der Waals surface area contributed by atoms with Crippen LogP contribution < -0.4 is 5.32 Å². The van der Waals surface area contributed by atoms with Gasteiger partial charge in [-0.3, -0.25) is 24.1 Å². The highest BCUT2D eigenvalue weighted by molar-refractivity contribution is 6.05. The summed E-state index contributed by atoms with van der Waals surface area (Å²) in [5, 5.41) is 2.74. The number of nitrogens with one attached hydrogen (secondary N) is 1. The molecule has 1 aliphatic carbocycles. The average molecular weight is 386 g/mol. The molecule has 2 fully saturated rings. The van der Waals surface area contributed by atoms with Crippen molar-refractivity contribution in [2.75, 3.05) is 18.5 Å². The third-order valence-corrected chi connectivity index (χ3v) is 5.58. The third-order valence-electron chi connectivity index (χ3n) is 5.58. The number of rotatable bonds is 6. The Morgan fingerprint density at radius 2 is 1.64 bits per heavy atom. The van der Waals surface area contributed by atoms with Crippen molar-refractivity contribution in [3.05, 3.63) is 29.3 Å². The Kier molecular flexibility index (Phi) is 6.11. The molecule has 0 spiro atoms. The van der Waals surface area contributed by atoms with Crippen LogP contribution in [-0.4, -0.2) is 41.7 Å². The number of benzene rings is 1. The smallest absolute Gasteiger partial charge is 0.308 e. The SMILES string of the molecule is Cc1cccc(C)c1NC(=O)COC(=O)CCN1C(=O)[C@H]2CCCC[C@@H]2C1=O. The average Bonchev–Trinajstić information content (AvgIpc) is 2.92. The molecular weight excluding hydrogens is 360 g/mol. The number of nitrogens with zero attached hydrogens (tertiary/aromatic N) is 1. The van der Waals surface area contributed by atoms with Crippen molar-refractivity contribution in [1.29, 1.82) is 0 Å². The van der Waals surface area contributed by atoms with Gasteiger partial charge in [-0.25, -0.2) is 0 Å². The second-order valence-corrected chi connectivity index (χ2v) is 7.55. The maximum Gasteiger partial charge on any atom is 0.308 e. The highest BCUT2D eigenvalue weighted by Crippen LogP contribution is 2.37. The highest BCUT2D eigenvalue weighted by atomic mass is 16.5. The molecule has 3 rings (SSSR count). The van der Waals surface area contributed by atoms with Crippen LogP contribution in [0, 0.1) is 25.7 Å². The number of para-hydroxylation sites is 1. The summed E-state index contributed by atoms with van der Waals surface area (Å²) in [7, 11) is 0. The van der Waals surface area contributed by atoms with Crippen LogP contribution in [-0.2, 0) is 23.9 Å². The molecule has 2 aliphatic rings. The van der Waals surface area contributed by atoms with E-state index in [1.165, 1.54) is 4.90 Å². The van der Waals surface area contributed by atoms with Gasteiger partial charge in [0.2, 0.25) is 11.8 Å². The van der Waals surface area contributed by atoms with Crippen molar-refractivity contribution in [2.45, 2.75) is 46.0 Å². The number of carbonyl (C=O) groups excluding carboxylic acids is 4. The number of hydrogen-bond acceptors (Lipinski definition) is 5. The quantitative estimate of drug-likeness (QED) is 0.598. The predicted octanol–water partition coefficient (Wildman–Crippen LogP) is 2.35. The summed E-state index contributed by atoms with van der Waals surface area (Å²) in [6.45, 7) is 3.38. The van der Waals surface area contributed by atoms with Crippen LogP contribution >= 0.6 is 0 Å². The summed E-state index contributed by atoms with van der Waals surface area (Å²) >= 11 is 0. The van der Waals surface area contributed by atoms with Crippen molar-refractivity contribution in [3.63, 3.8) is 0 Å². The van der Waals surface area contributed by atoms with Gasteiger partial charge >= 0.3 is 5.97 Å². The van der Waals surface area contributed by atoms with Crippen molar-refractivity contribution in [2.24, 2.45) is 11.8 Å². The van der Waals surface area contributed by atoms with Crippen LogP contribution in [0.3, 0.4) is 0 Å². The second kappa shape index (κ2) is 8.54. The Labute approximate surface area is 164 Å². The molecule has 0 radical (unpaired) electrons. The number of hydrogen-bond donors (Lipinski definition) is 1. The summed E-state index contributed by atoms with van der Waals surface area (Å²) < 4.78 is 5.00. The first-order valence-electron chi connectivity index (χ1n) is 9.75. The zero-order chi connectivity index (χ0) is 20.3. The minimum absolute atomic E-state index is 0.0159. The molecule has 0 bridgehead atoms. The number of ether oxygens (including phenoxy) is 1. The largest absolute Gasteiger partial charge is 0.456 e. The van der Waals surface area contributed by atoms with Gasteiger partial charge < -0.3 is 10.1 Å². The third kappa shape index (κ3) is 4.24. The van der Waals surface area contributed by atoms with Crippen molar-refractivity contribution >= 4 is 29.4 Å². The summed E-state index contributed by atoms with van der Waals surface area (Å²) in [4.78, 5) is 50.0. The molecule has 7 heteroatoms. The number of likely N-dealkylation sites (tertiary alicyclic amines) is 1. The van der Waals surface area contributed by atoms with E-state index in [9.17, 15) is 19.2 Å². The van der Waals surface area contributed by atoms with E-state index < -0.39 is 18.5 Å². The van der Waals surface area contributed by atoms with E-state index >= 15 is 0 Å². The van der Waals surface area contributed by atoms with Gasteiger partial charge in [-0.15, -0.1) is 0 Å².